The molecule has 0 saturated carbocycles. The van der Waals surface area contributed by atoms with Gasteiger partial charge in [0, 0.05) is 32.9 Å². The molecule has 3 nitrogen and oxygen atoms in total. The van der Waals surface area contributed by atoms with Gasteiger partial charge in [-0.3, -0.25) is 4.79 Å². The van der Waals surface area contributed by atoms with Gasteiger partial charge in [0.2, 0.25) is 5.91 Å². The molecule has 1 aromatic carbocycles. The van der Waals surface area contributed by atoms with Gasteiger partial charge in [-0.15, -0.1) is 11.6 Å². The molecule has 0 heterocycles. The second-order valence-electron chi connectivity index (χ2n) is 4.53. The van der Waals surface area contributed by atoms with Crippen molar-refractivity contribution in [1.29, 1.82) is 0 Å². The molecule has 0 aliphatic carbocycles. The van der Waals surface area contributed by atoms with Crippen molar-refractivity contribution in [2.24, 2.45) is 0 Å². The molecule has 1 amide bonds. The fourth-order valence-corrected chi connectivity index (χ4v) is 1.86. The molecule has 4 heteroatoms. The largest absolute Gasteiger partial charge is 0.378 e. The number of amides is 1. The second-order valence-corrected chi connectivity index (χ2v) is 5.18. The Bertz CT molecular complexity index is 387. The number of anilines is 1. The molecule has 0 bridgehead atoms. The highest BCUT2D eigenvalue weighted by Gasteiger charge is 2.17. The maximum absolute atomic E-state index is 11.8. The molecule has 0 saturated heterocycles. The van der Waals surface area contributed by atoms with E-state index in [1.54, 1.807) is 11.8 Å². The molecule has 0 aromatic heterocycles. The zero-order chi connectivity index (χ0) is 13.7. The summed E-state index contributed by atoms with van der Waals surface area (Å²) in [6.07, 6.45) is 0. The molecule has 18 heavy (non-hydrogen) atoms. The Morgan fingerprint density at radius 2 is 1.83 bits per heavy atom. The fraction of sp³-hybridized carbons (Fsp3) is 0.500. The summed E-state index contributed by atoms with van der Waals surface area (Å²) in [5, 5.41) is -0.467. The van der Waals surface area contributed by atoms with Crippen molar-refractivity contribution in [2.75, 3.05) is 25.5 Å². The first kappa shape index (κ1) is 14.8. The van der Waals surface area contributed by atoms with Crippen LogP contribution in [-0.2, 0) is 11.3 Å². The summed E-state index contributed by atoms with van der Waals surface area (Å²) in [5.74, 6) is -0.0177. The van der Waals surface area contributed by atoms with E-state index >= 15 is 0 Å². The average molecular weight is 269 g/mol. The van der Waals surface area contributed by atoms with Gasteiger partial charge < -0.3 is 9.80 Å². The van der Waals surface area contributed by atoms with Crippen molar-refractivity contribution in [3.63, 3.8) is 0 Å². The van der Waals surface area contributed by atoms with Gasteiger partial charge in [0.25, 0.3) is 0 Å². The van der Waals surface area contributed by atoms with E-state index in [2.05, 4.69) is 12.1 Å². The third-order valence-electron chi connectivity index (χ3n) is 2.86. The van der Waals surface area contributed by atoms with Gasteiger partial charge in [0.05, 0.1) is 0 Å². The van der Waals surface area contributed by atoms with E-state index in [0.29, 0.717) is 13.1 Å². The maximum atomic E-state index is 11.8. The van der Waals surface area contributed by atoms with Crippen LogP contribution >= 0.6 is 11.6 Å². The van der Waals surface area contributed by atoms with Gasteiger partial charge in [0.15, 0.2) is 0 Å². The third-order valence-corrected chi connectivity index (χ3v) is 3.05. The van der Waals surface area contributed by atoms with Crippen molar-refractivity contribution in [1.82, 2.24) is 4.90 Å². The number of hydrogen-bond donors (Lipinski definition) is 0. The van der Waals surface area contributed by atoms with Crippen LogP contribution in [0.25, 0.3) is 0 Å². The first-order valence-electron chi connectivity index (χ1n) is 6.14. The van der Waals surface area contributed by atoms with Gasteiger partial charge in [-0.25, -0.2) is 0 Å². The van der Waals surface area contributed by atoms with Crippen LogP contribution in [0, 0.1) is 0 Å². The van der Waals surface area contributed by atoms with Crippen LogP contribution in [0.3, 0.4) is 0 Å². The lowest BCUT2D eigenvalue weighted by Gasteiger charge is -2.22. The summed E-state index contributed by atoms with van der Waals surface area (Å²) in [4.78, 5) is 15.7. The smallest absolute Gasteiger partial charge is 0.240 e. The Labute approximate surface area is 114 Å². The molecule has 0 radical (unpaired) electrons. The number of carbonyl (C=O) groups excluding carboxylic acids is 1. The molecule has 1 unspecified atom stereocenters. The lowest BCUT2D eigenvalue weighted by Crippen LogP contribution is -2.35. The molecule has 0 spiro atoms. The monoisotopic (exact) mass is 268 g/mol. The highest BCUT2D eigenvalue weighted by Crippen LogP contribution is 2.14. The summed E-state index contributed by atoms with van der Waals surface area (Å²) < 4.78 is 0. The topological polar surface area (TPSA) is 23.6 Å². The van der Waals surface area contributed by atoms with Crippen molar-refractivity contribution in [2.45, 2.75) is 25.8 Å². The number of carbonyl (C=O) groups is 1. The molecular formula is C14H21ClN2O. The van der Waals surface area contributed by atoms with E-state index in [1.807, 2.05) is 38.1 Å². The summed E-state index contributed by atoms with van der Waals surface area (Å²) >= 11 is 5.84. The Kier molecular flexibility index (Phi) is 5.48. The Hall–Kier alpha value is -1.22. The highest BCUT2D eigenvalue weighted by molar-refractivity contribution is 6.30. The number of benzene rings is 1. The van der Waals surface area contributed by atoms with Gasteiger partial charge >= 0.3 is 0 Å². The molecule has 0 fully saturated rings. The summed E-state index contributed by atoms with van der Waals surface area (Å²) in [6, 6.07) is 8.20. The van der Waals surface area contributed by atoms with Crippen LogP contribution in [0.2, 0.25) is 0 Å². The minimum absolute atomic E-state index is 0.0177. The van der Waals surface area contributed by atoms with E-state index in [9.17, 15) is 4.79 Å². The van der Waals surface area contributed by atoms with E-state index in [1.165, 1.54) is 0 Å². The lowest BCUT2D eigenvalue weighted by atomic mass is 10.2. The first-order chi connectivity index (χ1) is 8.45. The number of alkyl halides is 1. The zero-order valence-corrected chi connectivity index (χ0v) is 12.2. The quantitative estimate of drug-likeness (QED) is 0.767. The van der Waals surface area contributed by atoms with Crippen molar-refractivity contribution in [3.05, 3.63) is 29.8 Å². The molecule has 1 atom stereocenters. The van der Waals surface area contributed by atoms with E-state index in [4.69, 9.17) is 11.6 Å². The zero-order valence-electron chi connectivity index (χ0n) is 11.5. The summed E-state index contributed by atoms with van der Waals surface area (Å²) in [6.45, 7) is 4.96. The van der Waals surface area contributed by atoms with Gasteiger partial charge in [0.1, 0.15) is 5.38 Å². The van der Waals surface area contributed by atoms with E-state index < -0.39 is 5.38 Å². The molecule has 1 aromatic rings. The summed E-state index contributed by atoms with van der Waals surface area (Å²) in [5.41, 5.74) is 2.27. The summed E-state index contributed by atoms with van der Waals surface area (Å²) in [7, 11) is 4.01. The van der Waals surface area contributed by atoms with Crippen molar-refractivity contribution < 1.29 is 4.79 Å². The van der Waals surface area contributed by atoms with Crippen LogP contribution in [0.15, 0.2) is 24.3 Å². The molecule has 0 N–H and O–H groups in total. The van der Waals surface area contributed by atoms with Crippen LogP contribution in [0.1, 0.15) is 19.4 Å². The standard InChI is InChI=1S/C14H21ClN2O/c1-5-17(14(18)11(2)15)10-12-6-8-13(9-7-12)16(3)4/h6-9,11H,5,10H2,1-4H3. The minimum Gasteiger partial charge on any atom is -0.378 e. The normalized spacial score (nSPS) is 12.1. The number of halogens is 1. The van der Waals surface area contributed by atoms with Gasteiger partial charge in [-0.1, -0.05) is 12.1 Å². The first-order valence-corrected chi connectivity index (χ1v) is 6.58. The van der Waals surface area contributed by atoms with E-state index in [-0.39, 0.29) is 5.91 Å². The molecule has 0 aliphatic rings. The van der Waals surface area contributed by atoms with E-state index in [0.717, 1.165) is 11.3 Å². The van der Waals surface area contributed by atoms with Gasteiger partial charge in [-0.05, 0) is 31.5 Å². The Morgan fingerprint density at radius 3 is 2.22 bits per heavy atom. The fourth-order valence-electron chi connectivity index (χ4n) is 1.72. The number of rotatable bonds is 5. The predicted octanol–water partition coefficient (Wildman–Crippen LogP) is 2.73. The highest BCUT2D eigenvalue weighted by atomic mass is 35.5. The molecular weight excluding hydrogens is 248 g/mol. The molecule has 0 aliphatic heterocycles. The Morgan fingerprint density at radius 1 is 1.28 bits per heavy atom. The number of hydrogen-bond acceptors (Lipinski definition) is 2. The predicted molar refractivity (Wildman–Crippen MR) is 77.2 cm³/mol. The molecule has 1 rings (SSSR count). The third kappa shape index (κ3) is 3.91. The lowest BCUT2D eigenvalue weighted by molar-refractivity contribution is -0.130. The van der Waals surface area contributed by atoms with Gasteiger partial charge in [-0.2, -0.15) is 0 Å². The average Bonchev–Trinajstić information content (AvgIpc) is 2.35. The van der Waals surface area contributed by atoms with Crippen LogP contribution < -0.4 is 4.90 Å². The van der Waals surface area contributed by atoms with Crippen molar-refractivity contribution >= 4 is 23.2 Å². The second kappa shape index (κ2) is 6.64. The van der Waals surface area contributed by atoms with Crippen molar-refractivity contribution in [3.8, 4) is 0 Å². The minimum atomic E-state index is -0.467. The SMILES string of the molecule is CCN(Cc1ccc(N(C)C)cc1)C(=O)C(C)Cl. The molecule has 100 valence electrons. The number of nitrogens with zero attached hydrogens (tertiary/aromatic N) is 2. The maximum Gasteiger partial charge on any atom is 0.240 e. The van der Waals surface area contributed by atoms with Crippen LogP contribution in [0.5, 0.6) is 0 Å². The van der Waals surface area contributed by atoms with Crippen LogP contribution in [-0.4, -0.2) is 36.8 Å². The Balaban J connectivity index is 2.73. The van der Waals surface area contributed by atoms with Crippen LogP contribution in [0.4, 0.5) is 5.69 Å².